The number of fused-ring (bicyclic) bond motifs is 2. The second kappa shape index (κ2) is 11.5. The molecule has 1 aromatic heterocycles. The van der Waals surface area contributed by atoms with E-state index in [1.807, 2.05) is 23.1 Å². The van der Waals surface area contributed by atoms with Gasteiger partial charge in [0.2, 0.25) is 5.52 Å². The molecule has 2 nitrogen and oxygen atoms in total. The largest absolute Gasteiger partial charge is 0.335 e. The van der Waals surface area contributed by atoms with Crippen LogP contribution in [0.2, 0.25) is 0 Å². The Morgan fingerprint density at radius 1 is 0.917 bits per heavy atom. The lowest BCUT2D eigenvalue weighted by molar-refractivity contribution is -0.665. The highest BCUT2D eigenvalue weighted by atomic mass is 35.5. The third-order valence-corrected chi connectivity index (χ3v) is 9.17. The van der Waals surface area contributed by atoms with Crippen LogP contribution in [0.15, 0.2) is 117 Å². The monoisotopic (exact) mass is 529 g/mol. The predicted molar refractivity (Wildman–Crippen MR) is 159 cm³/mol. The summed E-state index contributed by atoms with van der Waals surface area (Å²) in [5.41, 5.74) is 5.01. The van der Waals surface area contributed by atoms with Gasteiger partial charge in [0.25, 0.3) is 5.01 Å². The van der Waals surface area contributed by atoms with Gasteiger partial charge in [-0.25, -0.2) is 0 Å². The number of halogens is 1. The van der Waals surface area contributed by atoms with Crippen LogP contribution in [0.5, 0.6) is 0 Å². The van der Waals surface area contributed by atoms with Gasteiger partial charge < -0.3 is 4.90 Å². The lowest BCUT2D eigenvalue weighted by atomic mass is 10.2. The highest BCUT2D eigenvalue weighted by molar-refractivity contribution is 8.03. The van der Waals surface area contributed by atoms with Gasteiger partial charge in [-0.1, -0.05) is 95.4 Å². The first-order chi connectivity index (χ1) is 17.7. The van der Waals surface area contributed by atoms with E-state index >= 15 is 0 Å². The van der Waals surface area contributed by atoms with Crippen molar-refractivity contribution in [2.24, 2.45) is 0 Å². The van der Waals surface area contributed by atoms with Crippen LogP contribution in [0.4, 0.5) is 5.69 Å². The number of benzene rings is 2. The predicted octanol–water partition coefficient (Wildman–Crippen LogP) is 9.02. The summed E-state index contributed by atoms with van der Waals surface area (Å²) in [4.78, 5) is 3.68. The maximum absolute atomic E-state index is 6.73. The molecule has 2 aromatic carbocycles. The maximum atomic E-state index is 6.73. The normalized spacial score (nSPS) is 18.5. The molecule has 3 aromatic rings. The van der Waals surface area contributed by atoms with E-state index in [-0.39, 0.29) is 0 Å². The van der Waals surface area contributed by atoms with Crippen molar-refractivity contribution in [1.82, 2.24) is 0 Å². The van der Waals surface area contributed by atoms with Crippen LogP contribution < -0.4 is 9.47 Å². The van der Waals surface area contributed by atoms with E-state index < -0.39 is 0 Å². The molecule has 0 atom stereocenters. The summed E-state index contributed by atoms with van der Waals surface area (Å²) < 4.78 is 3.68. The molecular formula is C31H30ClN2S2+. The molecule has 0 saturated heterocycles. The molecule has 0 fully saturated rings. The van der Waals surface area contributed by atoms with Crippen LogP contribution in [-0.4, -0.2) is 6.54 Å². The zero-order chi connectivity index (χ0) is 24.9. The minimum absolute atomic E-state index is 0.889. The van der Waals surface area contributed by atoms with Crippen LogP contribution in [0.1, 0.15) is 31.7 Å². The molecule has 36 heavy (non-hydrogen) atoms. The number of rotatable bonds is 7. The first-order valence-corrected chi connectivity index (χ1v) is 14.5. The van der Waals surface area contributed by atoms with Gasteiger partial charge in [0, 0.05) is 28.6 Å². The zero-order valence-electron chi connectivity index (χ0n) is 20.7. The highest BCUT2D eigenvalue weighted by Crippen LogP contribution is 2.45. The molecule has 0 amide bonds. The standard InChI is InChI=1S/C31H30ClN2S2/c1-3-33-25-15-7-9-17-27(25)35-29(33)19-11-5-13-23-21-22-24(31(23)32)14-6-12-20-30-34(4-2)26-16-8-10-18-28(26)36-30/h5-20H,3-4,21-22H2,1-2H3/q+1. The summed E-state index contributed by atoms with van der Waals surface area (Å²) in [7, 11) is 0. The molecule has 0 spiro atoms. The lowest BCUT2D eigenvalue weighted by Crippen LogP contribution is -2.33. The first kappa shape index (κ1) is 24.9. The Morgan fingerprint density at radius 3 is 2.56 bits per heavy atom. The number of aromatic nitrogens is 1. The van der Waals surface area contributed by atoms with Gasteiger partial charge in [-0.05, 0) is 62.1 Å². The van der Waals surface area contributed by atoms with Gasteiger partial charge in [0.05, 0.1) is 10.7 Å². The minimum Gasteiger partial charge on any atom is -0.335 e. The highest BCUT2D eigenvalue weighted by Gasteiger charge is 2.22. The third-order valence-electron chi connectivity index (χ3n) is 6.43. The molecule has 0 bridgehead atoms. The molecule has 5 heteroatoms. The quantitative estimate of drug-likeness (QED) is 0.222. The number of para-hydroxylation sites is 2. The summed E-state index contributed by atoms with van der Waals surface area (Å²) in [6, 6.07) is 17.2. The van der Waals surface area contributed by atoms with Gasteiger partial charge in [0.1, 0.15) is 11.2 Å². The van der Waals surface area contributed by atoms with Gasteiger partial charge >= 0.3 is 0 Å². The first-order valence-electron chi connectivity index (χ1n) is 12.5. The molecule has 1 aliphatic heterocycles. The van der Waals surface area contributed by atoms with E-state index in [4.69, 9.17) is 11.6 Å². The van der Waals surface area contributed by atoms with Crippen molar-refractivity contribution >= 4 is 56.7 Å². The van der Waals surface area contributed by atoms with Gasteiger partial charge in [0.15, 0.2) is 0 Å². The van der Waals surface area contributed by atoms with Crippen molar-refractivity contribution in [3.63, 3.8) is 0 Å². The van der Waals surface area contributed by atoms with Crippen molar-refractivity contribution < 1.29 is 4.57 Å². The zero-order valence-corrected chi connectivity index (χ0v) is 23.0. The Hall–Kier alpha value is -2.79. The fourth-order valence-corrected chi connectivity index (χ4v) is 7.23. The number of aryl methyl sites for hydroxylation is 1. The van der Waals surface area contributed by atoms with E-state index in [0.717, 1.165) is 31.0 Å². The molecule has 0 unspecified atom stereocenters. The second-order valence-corrected chi connectivity index (χ2v) is 11.1. The molecule has 2 aliphatic rings. The van der Waals surface area contributed by atoms with Gasteiger partial charge in [-0.3, -0.25) is 0 Å². The molecule has 0 saturated carbocycles. The lowest BCUT2D eigenvalue weighted by Gasteiger charge is -2.17. The van der Waals surface area contributed by atoms with Crippen molar-refractivity contribution in [2.75, 3.05) is 11.4 Å². The molecule has 2 heterocycles. The molecule has 182 valence electrons. The molecule has 1 aliphatic carbocycles. The smallest absolute Gasteiger partial charge is 0.262 e. The second-order valence-electron chi connectivity index (χ2n) is 8.61. The molecule has 0 radical (unpaired) electrons. The van der Waals surface area contributed by atoms with Crippen LogP contribution in [0.3, 0.4) is 0 Å². The topological polar surface area (TPSA) is 7.12 Å². The summed E-state index contributed by atoms with van der Waals surface area (Å²) in [6.45, 7) is 6.31. The van der Waals surface area contributed by atoms with Crippen LogP contribution in [0, 0.1) is 0 Å². The summed E-state index contributed by atoms with van der Waals surface area (Å²) in [6.07, 6.45) is 19.1. The Balaban J connectivity index is 1.24. The maximum Gasteiger partial charge on any atom is 0.262 e. The van der Waals surface area contributed by atoms with E-state index in [9.17, 15) is 0 Å². The Bertz CT molecular complexity index is 1450. The van der Waals surface area contributed by atoms with E-state index in [1.54, 1.807) is 0 Å². The number of hydrogen-bond acceptors (Lipinski definition) is 3. The average molecular weight is 530 g/mol. The van der Waals surface area contributed by atoms with E-state index in [1.165, 1.54) is 42.0 Å². The fourth-order valence-electron chi connectivity index (χ4n) is 4.63. The SMILES string of the molecule is CCN1C(=CC=CC=C2CCC(C=CC=Cc3sc4ccccc4[n+]3CC)=C2Cl)Sc2ccccc21. The van der Waals surface area contributed by atoms with Crippen LogP contribution in [-0.2, 0) is 6.54 Å². The number of thioether (sulfide) groups is 1. The molecular weight excluding hydrogens is 500 g/mol. The van der Waals surface area contributed by atoms with Crippen molar-refractivity contribution in [3.05, 3.63) is 117 Å². The number of allylic oxidation sites excluding steroid dienone is 10. The van der Waals surface area contributed by atoms with Gasteiger partial charge in [-0.15, -0.1) is 0 Å². The van der Waals surface area contributed by atoms with E-state index in [0.29, 0.717) is 0 Å². The molecule has 5 rings (SSSR count). The number of anilines is 1. The number of hydrogen-bond donors (Lipinski definition) is 0. The van der Waals surface area contributed by atoms with E-state index in [2.05, 4.69) is 120 Å². The van der Waals surface area contributed by atoms with Crippen LogP contribution in [0.25, 0.3) is 16.3 Å². The number of thiazole rings is 1. The number of nitrogens with zero attached hydrogens (tertiary/aromatic N) is 2. The van der Waals surface area contributed by atoms with Crippen molar-refractivity contribution in [2.45, 2.75) is 38.1 Å². The van der Waals surface area contributed by atoms with Crippen molar-refractivity contribution in [3.8, 4) is 0 Å². The van der Waals surface area contributed by atoms with Crippen molar-refractivity contribution in [1.29, 1.82) is 0 Å². The molecule has 0 N–H and O–H groups in total. The minimum atomic E-state index is 0.889. The Labute approximate surface area is 227 Å². The summed E-state index contributed by atoms with van der Waals surface area (Å²) in [5.74, 6) is 0. The van der Waals surface area contributed by atoms with Gasteiger partial charge in [-0.2, -0.15) is 4.57 Å². The van der Waals surface area contributed by atoms with Crippen LogP contribution >= 0.6 is 34.7 Å². The Morgan fingerprint density at radius 2 is 1.69 bits per heavy atom. The average Bonchev–Trinajstić information content (AvgIpc) is 3.56. The fraction of sp³-hybridized carbons (Fsp3) is 0.194. The summed E-state index contributed by atoms with van der Waals surface area (Å²) >= 11 is 10.4. The Kier molecular flexibility index (Phi) is 7.96. The summed E-state index contributed by atoms with van der Waals surface area (Å²) in [5, 5.41) is 3.42. The third kappa shape index (κ3) is 5.17.